The van der Waals surface area contributed by atoms with Crippen molar-refractivity contribution >= 4 is 27.5 Å². The summed E-state index contributed by atoms with van der Waals surface area (Å²) in [7, 11) is 2.27. The standard InChI is InChI=1S/C24H28N2O7S/c1-25(2)34(30,31)19-12-8-17(9-13-19)22(27)20-21(16-6-10-18(33-4)11-7-16)26(14-5-15-32-3)24(29)23(20)28/h6-13,21,27H,5,14-15H2,1-4H3/b22-20-. The van der Waals surface area contributed by atoms with Crippen molar-refractivity contribution in [2.45, 2.75) is 17.4 Å². The molecule has 0 spiro atoms. The first-order valence-electron chi connectivity index (χ1n) is 10.6. The molecule has 0 radical (unpaired) electrons. The van der Waals surface area contributed by atoms with Gasteiger partial charge in [-0.2, -0.15) is 0 Å². The van der Waals surface area contributed by atoms with E-state index in [1.165, 1.54) is 50.4 Å². The number of carbonyl (C=O) groups excluding carboxylic acids is 2. The van der Waals surface area contributed by atoms with Crippen molar-refractivity contribution < 1.29 is 32.6 Å². The number of sulfonamides is 1. The first-order chi connectivity index (χ1) is 16.1. The summed E-state index contributed by atoms with van der Waals surface area (Å²) in [4.78, 5) is 27.4. The average Bonchev–Trinajstić information content (AvgIpc) is 3.08. The molecule has 10 heteroatoms. The fourth-order valence-corrected chi connectivity index (χ4v) is 4.68. The third-order valence-electron chi connectivity index (χ3n) is 5.63. The number of carbonyl (C=O) groups is 2. The van der Waals surface area contributed by atoms with Gasteiger partial charge in [-0.25, -0.2) is 12.7 Å². The van der Waals surface area contributed by atoms with E-state index in [1.807, 2.05) is 0 Å². The van der Waals surface area contributed by atoms with Crippen molar-refractivity contribution in [3.63, 3.8) is 0 Å². The molecule has 1 atom stereocenters. The highest BCUT2D eigenvalue weighted by Crippen LogP contribution is 2.40. The summed E-state index contributed by atoms with van der Waals surface area (Å²) >= 11 is 0. The molecular formula is C24H28N2O7S. The number of Topliss-reactive ketones (excluding diaryl/α,β-unsaturated/α-hetero) is 1. The van der Waals surface area contributed by atoms with Gasteiger partial charge >= 0.3 is 0 Å². The predicted octanol–water partition coefficient (Wildman–Crippen LogP) is 2.40. The Balaban J connectivity index is 2.09. The number of ether oxygens (including phenoxy) is 2. The van der Waals surface area contributed by atoms with Crippen LogP contribution < -0.4 is 4.74 Å². The van der Waals surface area contributed by atoms with E-state index in [2.05, 4.69) is 0 Å². The fourth-order valence-electron chi connectivity index (χ4n) is 3.77. The van der Waals surface area contributed by atoms with Gasteiger partial charge in [0.2, 0.25) is 10.0 Å². The van der Waals surface area contributed by atoms with Gasteiger partial charge in [-0.1, -0.05) is 12.1 Å². The molecule has 9 nitrogen and oxygen atoms in total. The zero-order valence-corrected chi connectivity index (χ0v) is 20.3. The van der Waals surface area contributed by atoms with Crippen LogP contribution >= 0.6 is 0 Å². The lowest BCUT2D eigenvalue weighted by Gasteiger charge is -2.25. The summed E-state index contributed by atoms with van der Waals surface area (Å²) in [6, 6.07) is 11.6. The van der Waals surface area contributed by atoms with Crippen molar-refractivity contribution in [2.75, 3.05) is 41.5 Å². The number of likely N-dealkylation sites (tertiary alicyclic amines) is 1. The number of rotatable bonds is 9. The van der Waals surface area contributed by atoms with Crippen LogP contribution in [0.15, 0.2) is 59.0 Å². The zero-order valence-electron chi connectivity index (χ0n) is 19.5. The van der Waals surface area contributed by atoms with Crippen LogP contribution in [0.25, 0.3) is 5.76 Å². The van der Waals surface area contributed by atoms with Crippen LogP contribution in [0.5, 0.6) is 5.75 Å². The van der Waals surface area contributed by atoms with E-state index in [0.29, 0.717) is 24.3 Å². The van der Waals surface area contributed by atoms with Crippen LogP contribution in [0.1, 0.15) is 23.6 Å². The molecule has 0 saturated carbocycles. The van der Waals surface area contributed by atoms with Crippen LogP contribution in [0.3, 0.4) is 0 Å². The number of amides is 1. The van der Waals surface area contributed by atoms with Crippen LogP contribution in [0.4, 0.5) is 0 Å². The van der Waals surface area contributed by atoms with Crippen LogP contribution in [-0.4, -0.2) is 75.9 Å². The van der Waals surface area contributed by atoms with Gasteiger partial charge in [0.25, 0.3) is 11.7 Å². The van der Waals surface area contributed by atoms with Gasteiger partial charge < -0.3 is 19.5 Å². The number of benzene rings is 2. The smallest absolute Gasteiger partial charge is 0.295 e. The van der Waals surface area contributed by atoms with Gasteiger partial charge in [-0.3, -0.25) is 9.59 Å². The number of hydrogen-bond donors (Lipinski definition) is 1. The maximum atomic E-state index is 13.0. The van der Waals surface area contributed by atoms with E-state index in [-0.39, 0.29) is 28.3 Å². The number of hydrogen-bond acceptors (Lipinski definition) is 7. The van der Waals surface area contributed by atoms with E-state index in [1.54, 1.807) is 31.4 Å². The molecule has 1 heterocycles. The Kier molecular flexibility index (Phi) is 7.75. The largest absolute Gasteiger partial charge is 0.507 e. The lowest BCUT2D eigenvalue weighted by atomic mass is 9.95. The second-order valence-electron chi connectivity index (χ2n) is 7.92. The minimum atomic E-state index is -3.66. The molecule has 0 bridgehead atoms. The Morgan fingerprint density at radius 1 is 1.03 bits per heavy atom. The minimum Gasteiger partial charge on any atom is -0.507 e. The zero-order chi connectivity index (χ0) is 25.0. The molecule has 0 aromatic heterocycles. The Bertz CT molecular complexity index is 1190. The summed E-state index contributed by atoms with van der Waals surface area (Å²) < 4.78 is 36.1. The quantitative estimate of drug-likeness (QED) is 0.250. The fraction of sp³-hybridized carbons (Fsp3) is 0.333. The number of aliphatic hydroxyl groups is 1. The Morgan fingerprint density at radius 2 is 1.65 bits per heavy atom. The molecule has 1 saturated heterocycles. The molecule has 3 rings (SSSR count). The maximum Gasteiger partial charge on any atom is 0.295 e. The Morgan fingerprint density at radius 3 is 2.18 bits per heavy atom. The molecule has 2 aromatic rings. The lowest BCUT2D eigenvalue weighted by Crippen LogP contribution is -2.31. The molecule has 2 aromatic carbocycles. The van der Waals surface area contributed by atoms with Crippen molar-refractivity contribution in [3.05, 3.63) is 65.2 Å². The van der Waals surface area contributed by atoms with Gasteiger partial charge in [0.15, 0.2) is 0 Å². The Hall–Kier alpha value is -3.21. The third-order valence-corrected chi connectivity index (χ3v) is 7.45. The van der Waals surface area contributed by atoms with Crippen LogP contribution in [0.2, 0.25) is 0 Å². The molecule has 1 fully saturated rings. The highest BCUT2D eigenvalue weighted by molar-refractivity contribution is 7.89. The highest BCUT2D eigenvalue weighted by atomic mass is 32.2. The molecule has 1 N–H and O–H groups in total. The van der Waals surface area contributed by atoms with E-state index in [0.717, 1.165) is 4.31 Å². The third kappa shape index (κ3) is 4.84. The van der Waals surface area contributed by atoms with Crippen LogP contribution in [0, 0.1) is 0 Å². The summed E-state index contributed by atoms with van der Waals surface area (Å²) in [5, 5.41) is 11.1. The first kappa shape index (κ1) is 25.4. The number of aliphatic hydroxyl groups excluding tert-OH is 1. The second kappa shape index (κ2) is 10.4. The maximum absolute atomic E-state index is 13.0. The van der Waals surface area contributed by atoms with Crippen molar-refractivity contribution in [2.24, 2.45) is 0 Å². The molecular weight excluding hydrogens is 460 g/mol. The van der Waals surface area contributed by atoms with Gasteiger partial charge in [0.05, 0.1) is 23.6 Å². The van der Waals surface area contributed by atoms with E-state index < -0.39 is 27.8 Å². The summed E-state index contributed by atoms with van der Waals surface area (Å²) in [6.07, 6.45) is 0.507. The number of methoxy groups -OCH3 is 2. The van der Waals surface area contributed by atoms with E-state index in [9.17, 15) is 23.1 Å². The van der Waals surface area contributed by atoms with Gasteiger partial charge in [0.1, 0.15) is 11.5 Å². The van der Waals surface area contributed by atoms with Crippen LogP contribution in [-0.2, 0) is 24.3 Å². The van der Waals surface area contributed by atoms with Gasteiger partial charge in [0, 0.05) is 39.9 Å². The van der Waals surface area contributed by atoms with E-state index >= 15 is 0 Å². The number of ketones is 1. The van der Waals surface area contributed by atoms with Crippen molar-refractivity contribution in [3.8, 4) is 5.75 Å². The van der Waals surface area contributed by atoms with E-state index in [4.69, 9.17) is 9.47 Å². The lowest BCUT2D eigenvalue weighted by molar-refractivity contribution is -0.140. The van der Waals surface area contributed by atoms with Crippen molar-refractivity contribution in [1.82, 2.24) is 9.21 Å². The molecule has 34 heavy (non-hydrogen) atoms. The molecule has 1 aliphatic heterocycles. The SMILES string of the molecule is COCCCN1C(=O)C(=O)/C(=C(\O)c2ccc(S(=O)(=O)N(C)C)cc2)C1c1ccc(OC)cc1. The first-order valence-corrected chi connectivity index (χ1v) is 12.0. The predicted molar refractivity (Wildman–Crippen MR) is 126 cm³/mol. The second-order valence-corrected chi connectivity index (χ2v) is 10.1. The molecule has 1 unspecified atom stereocenters. The van der Waals surface area contributed by atoms with Gasteiger partial charge in [-0.05, 0) is 48.4 Å². The van der Waals surface area contributed by atoms with Gasteiger partial charge in [-0.15, -0.1) is 0 Å². The van der Waals surface area contributed by atoms with Crippen molar-refractivity contribution in [1.29, 1.82) is 0 Å². The summed E-state index contributed by atoms with van der Waals surface area (Å²) in [5.41, 5.74) is 0.799. The summed E-state index contributed by atoms with van der Waals surface area (Å²) in [5.74, 6) is -1.29. The highest BCUT2D eigenvalue weighted by Gasteiger charge is 2.45. The Labute approximate surface area is 199 Å². The monoisotopic (exact) mass is 488 g/mol. The normalized spacial score (nSPS) is 18.0. The average molecular weight is 489 g/mol. The molecule has 0 aliphatic carbocycles. The molecule has 182 valence electrons. The summed E-state index contributed by atoms with van der Waals surface area (Å²) in [6.45, 7) is 0.659. The molecule has 1 amide bonds. The minimum absolute atomic E-state index is 0.0424. The molecule has 1 aliphatic rings. The number of nitrogens with zero attached hydrogens (tertiary/aromatic N) is 2. The topological polar surface area (TPSA) is 113 Å².